The van der Waals surface area contributed by atoms with Crippen molar-refractivity contribution in [2.45, 2.75) is 5.75 Å². The summed E-state index contributed by atoms with van der Waals surface area (Å²) in [6.45, 7) is 0. The summed E-state index contributed by atoms with van der Waals surface area (Å²) >= 11 is 10.8. The molecule has 2 rings (SSSR count). The topological polar surface area (TPSA) is 50.7 Å². The minimum absolute atomic E-state index is 0.160. The van der Waals surface area contributed by atoms with Gasteiger partial charge in [-0.05, 0) is 35.9 Å². The van der Waals surface area contributed by atoms with E-state index in [0.717, 1.165) is 21.4 Å². The number of rotatable bonds is 7. The van der Waals surface area contributed by atoms with Gasteiger partial charge in [0.25, 0.3) is 0 Å². The molecule has 1 N–H and O–H groups in total. The highest BCUT2D eigenvalue weighted by Gasteiger charge is 2.03. The number of methoxy groups -OCH3 is 1. The van der Waals surface area contributed by atoms with Gasteiger partial charge in [-0.3, -0.25) is 4.79 Å². The lowest BCUT2D eigenvalue weighted by atomic mass is 10.2. The summed E-state index contributed by atoms with van der Waals surface area (Å²) < 4.78 is 6.15. The minimum Gasteiger partial charge on any atom is -0.496 e. The Morgan fingerprint density at radius 3 is 2.96 bits per heavy atom. The van der Waals surface area contributed by atoms with E-state index in [1.165, 1.54) is 11.8 Å². The Kier molecular flexibility index (Phi) is 7.62. The molecule has 2 aromatic carbocycles. The van der Waals surface area contributed by atoms with E-state index in [1.807, 2.05) is 42.5 Å². The first-order valence-corrected chi connectivity index (χ1v) is 9.38. The standard InChI is InChI=1S/C17H16BrClN2O2S/c1-23-16-6-5-14(18)8-13(16)9-20-21-17(22)11-24-10-12-3-2-4-15(19)7-12/h2-9H,10-11H2,1H3,(H,21,22)/b20-9-. The van der Waals surface area contributed by atoms with Crippen LogP contribution in [0.5, 0.6) is 5.75 Å². The highest BCUT2D eigenvalue weighted by atomic mass is 79.9. The number of carbonyl (C=O) groups is 1. The van der Waals surface area contributed by atoms with Crippen LogP contribution in [0.25, 0.3) is 0 Å². The van der Waals surface area contributed by atoms with Gasteiger partial charge < -0.3 is 4.74 Å². The molecule has 0 aliphatic heterocycles. The van der Waals surface area contributed by atoms with Gasteiger partial charge in [-0.2, -0.15) is 5.10 Å². The van der Waals surface area contributed by atoms with Crippen LogP contribution in [0.15, 0.2) is 52.0 Å². The number of halogens is 2. The smallest absolute Gasteiger partial charge is 0.250 e. The molecule has 0 atom stereocenters. The number of nitrogens with zero attached hydrogens (tertiary/aromatic N) is 1. The van der Waals surface area contributed by atoms with Crippen molar-refractivity contribution < 1.29 is 9.53 Å². The lowest BCUT2D eigenvalue weighted by Gasteiger charge is -2.05. The lowest BCUT2D eigenvalue weighted by molar-refractivity contribution is -0.118. The van der Waals surface area contributed by atoms with E-state index in [4.69, 9.17) is 16.3 Å². The van der Waals surface area contributed by atoms with E-state index in [2.05, 4.69) is 26.5 Å². The predicted octanol–water partition coefficient (Wildman–Crippen LogP) is 4.49. The second kappa shape index (κ2) is 9.71. The maximum atomic E-state index is 11.8. The van der Waals surface area contributed by atoms with Crippen molar-refractivity contribution >= 4 is 51.4 Å². The van der Waals surface area contributed by atoms with Crippen LogP contribution in [0.3, 0.4) is 0 Å². The van der Waals surface area contributed by atoms with Crippen LogP contribution in [0.4, 0.5) is 0 Å². The number of amides is 1. The molecule has 0 aliphatic carbocycles. The van der Waals surface area contributed by atoms with Crippen molar-refractivity contribution in [1.82, 2.24) is 5.43 Å². The average molecular weight is 428 g/mol. The molecule has 1 amide bonds. The molecule has 126 valence electrons. The van der Waals surface area contributed by atoms with Crippen LogP contribution < -0.4 is 10.2 Å². The molecule has 0 heterocycles. The molecule has 0 aliphatic rings. The zero-order valence-electron chi connectivity index (χ0n) is 13.0. The number of hydrazone groups is 1. The third-order valence-electron chi connectivity index (χ3n) is 2.98. The van der Waals surface area contributed by atoms with Crippen LogP contribution in [0.1, 0.15) is 11.1 Å². The van der Waals surface area contributed by atoms with Crippen molar-refractivity contribution in [2.24, 2.45) is 5.10 Å². The fraction of sp³-hybridized carbons (Fsp3) is 0.176. The fourth-order valence-electron chi connectivity index (χ4n) is 1.90. The number of hydrogen-bond acceptors (Lipinski definition) is 4. The van der Waals surface area contributed by atoms with Crippen LogP contribution in [-0.4, -0.2) is 25.0 Å². The highest BCUT2D eigenvalue weighted by molar-refractivity contribution is 9.10. The monoisotopic (exact) mass is 426 g/mol. The van der Waals surface area contributed by atoms with Crippen LogP contribution in [0, 0.1) is 0 Å². The van der Waals surface area contributed by atoms with E-state index in [0.29, 0.717) is 16.5 Å². The Labute approximate surface area is 158 Å². The van der Waals surface area contributed by atoms with Crippen molar-refractivity contribution in [3.63, 3.8) is 0 Å². The van der Waals surface area contributed by atoms with Crippen molar-refractivity contribution in [2.75, 3.05) is 12.9 Å². The molecule has 0 unspecified atom stereocenters. The van der Waals surface area contributed by atoms with Gasteiger partial charge in [0.15, 0.2) is 0 Å². The Balaban J connectivity index is 1.80. The Bertz CT molecular complexity index is 740. The van der Waals surface area contributed by atoms with Gasteiger partial charge in [0, 0.05) is 20.8 Å². The third kappa shape index (κ3) is 6.19. The second-order valence-corrected chi connectivity index (χ2v) is 7.14. The van der Waals surface area contributed by atoms with Gasteiger partial charge >= 0.3 is 0 Å². The van der Waals surface area contributed by atoms with Gasteiger partial charge in [-0.25, -0.2) is 5.43 Å². The van der Waals surface area contributed by atoms with Gasteiger partial charge in [-0.1, -0.05) is 39.7 Å². The average Bonchev–Trinajstić information content (AvgIpc) is 2.55. The van der Waals surface area contributed by atoms with Crippen molar-refractivity contribution in [3.8, 4) is 5.75 Å². The van der Waals surface area contributed by atoms with Gasteiger partial charge in [0.1, 0.15) is 5.75 Å². The summed E-state index contributed by atoms with van der Waals surface area (Å²) in [5, 5.41) is 4.67. The van der Waals surface area contributed by atoms with E-state index < -0.39 is 0 Å². The number of nitrogens with one attached hydrogen (secondary N) is 1. The first-order chi connectivity index (χ1) is 11.6. The molecule has 4 nitrogen and oxygen atoms in total. The van der Waals surface area contributed by atoms with Crippen LogP contribution >= 0.6 is 39.3 Å². The summed E-state index contributed by atoms with van der Waals surface area (Å²) in [4.78, 5) is 11.8. The van der Waals surface area contributed by atoms with Gasteiger partial charge in [-0.15, -0.1) is 11.8 Å². The molecule has 0 aromatic heterocycles. The first-order valence-electron chi connectivity index (χ1n) is 7.06. The number of hydrogen-bond donors (Lipinski definition) is 1. The molecule has 7 heteroatoms. The first kappa shape index (κ1) is 18.8. The van der Waals surface area contributed by atoms with E-state index in [1.54, 1.807) is 13.3 Å². The van der Waals surface area contributed by atoms with E-state index >= 15 is 0 Å². The molecule has 0 saturated heterocycles. The molecule has 0 saturated carbocycles. The van der Waals surface area contributed by atoms with Crippen LogP contribution in [-0.2, 0) is 10.5 Å². The lowest BCUT2D eigenvalue weighted by Crippen LogP contribution is -2.19. The predicted molar refractivity (Wildman–Crippen MR) is 104 cm³/mol. The molecule has 2 aromatic rings. The summed E-state index contributed by atoms with van der Waals surface area (Å²) in [5.41, 5.74) is 4.37. The number of thioether (sulfide) groups is 1. The molecular weight excluding hydrogens is 412 g/mol. The Hall–Kier alpha value is -1.50. The molecular formula is C17H16BrClN2O2S. The second-order valence-electron chi connectivity index (χ2n) is 4.80. The summed E-state index contributed by atoms with van der Waals surface area (Å²) in [5.74, 6) is 1.56. The fourth-order valence-corrected chi connectivity index (χ4v) is 3.26. The normalized spacial score (nSPS) is 10.8. The molecule has 0 radical (unpaired) electrons. The summed E-state index contributed by atoms with van der Waals surface area (Å²) in [6, 6.07) is 13.2. The van der Waals surface area contributed by atoms with Crippen LogP contribution in [0.2, 0.25) is 5.02 Å². The molecule has 0 spiro atoms. The number of benzene rings is 2. The summed E-state index contributed by atoms with van der Waals surface area (Å²) in [7, 11) is 1.59. The van der Waals surface area contributed by atoms with Crippen molar-refractivity contribution in [1.29, 1.82) is 0 Å². The largest absolute Gasteiger partial charge is 0.496 e. The highest BCUT2D eigenvalue weighted by Crippen LogP contribution is 2.21. The molecule has 0 bridgehead atoms. The quantitative estimate of drug-likeness (QED) is 0.523. The third-order valence-corrected chi connectivity index (χ3v) is 4.71. The Morgan fingerprint density at radius 2 is 2.21 bits per heavy atom. The zero-order valence-corrected chi connectivity index (χ0v) is 16.1. The minimum atomic E-state index is -0.160. The van der Waals surface area contributed by atoms with Crippen molar-refractivity contribution in [3.05, 3.63) is 63.1 Å². The number of carbonyl (C=O) groups excluding carboxylic acids is 1. The maximum Gasteiger partial charge on any atom is 0.250 e. The Morgan fingerprint density at radius 1 is 1.38 bits per heavy atom. The maximum absolute atomic E-state index is 11.8. The van der Waals surface area contributed by atoms with Gasteiger partial charge in [0.2, 0.25) is 5.91 Å². The SMILES string of the molecule is COc1ccc(Br)cc1/C=N\NC(=O)CSCc1cccc(Cl)c1. The van der Waals surface area contributed by atoms with Gasteiger partial charge in [0.05, 0.1) is 19.1 Å². The summed E-state index contributed by atoms with van der Waals surface area (Å²) in [6.07, 6.45) is 1.56. The van der Waals surface area contributed by atoms with E-state index in [-0.39, 0.29) is 5.91 Å². The molecule has 24 heavy (non-hydrogen) atoms. The number of ether oxygens (including phenoxy) is 1. The van der Waals surface area contributed by atoms with E-state index in [9.17, 15) is 4.79 Å². The molecule has 0 fully saturated rings. The zero-order chi connectivity index (χ0) is 17.4.